The number of hydrogen-bond donors (Lipinski definition) is 7. The molecule has 8 N–H and O–H groups in total. The van der Waals surface area contributed by atoms with Gasteiger partial charge in [-0.3, -0.25) is 14.5 Å². The van der Waals surface area contributed by atoms with E-state index in [1.807, 2.05) is 0 Å². The molecule has 2 saturated heterocycles. The summed E-state index contributed by atoms with van der Waals surface area (Å²) in [6, 6.07) is -2.86. The molecule has 2 aliphatic heterocycles. The summed E-state index contributed by atoms with van der Waals surface area (Å²) in [6.07, 6.45) is -12.0. The van der Waals surface area contributed by atoms with E-state index in [1.54, 1.807) is 0 Å². The molecule has 2 aliphatic rings. The molecule has 10 atom stereocenters. The van der Waals surface area contributed by atoms with Crippen molar-refractivity contribution in [2.45, 2.75) is 75.1 Å². The van der Waals surface area contributed by atoms with E-state index in [0.29, 0.717) is 4.90 Å². The monoisotopic (exact) mass is 424 g/mol. The number of imide groups is 1. The molecule has 2 heterocycles. The van der Waals surface area contributed by atoms with E-state index >= 15 is 0 Å². The van der Waals surface area contributed by atoms with Crippen molar-refractivity contribution in [2.75, 3.05) is 13.2 Å². The van der Waals surface area contributed by atoms with E-state index < -0.39 is 86.3 Å². The smallest absolute Gasteiger partial charge is 0.226 e. The van der Waals surface area contributed by atoms with E-state index in [9.17, 15) is 40.2 Å². The zero-order chi connectivity index (χ0) is 22.0. The minimum atomic E-state index is -1.81. The van der Waals surface area contributed by atoms with Gasteiger partial charge in [0.05, 0.1) is 19.3 Å². The number of nitrogens with zero attached hydrogens (tertiary/aromatic N) is 1. The van der Waals surface area contributed by atoms with Gasteiger partial charge in [-0.2, -0.15) is 0 Å². The summed E-state index contributed by atoms with van der Waals surface area (Å²) in [5, 5.41) is 59.7. The van der Waals surface area contributed by atoms with Crippen LogP contribution in [0.25, 0.3) is 0 Å². The molecule has 168 valence electrons. The topological polar surface area (TPSA) is 212 Å². The maximum atomic E-state index is 11.8. The number of rotatable bonds is 5. The number of carbonyl (C=O) groups excluding carboxylic acids is 2. The van der Waals surface area contributed by atoms with Crippen LogP contribution in [-0.2, 0) is 23.8 Å². The van der Waals surface area contributed by atoms with Crippen LogP contribution in [0.2, 0.25) is 0 Å². The van der Waals surface area contributed by atoms with Crippen LogP contribution < -0.4 is 5.73 Å². The number of amides is 2. The summed E-state index contributed by atoms with van der Waals surface area (Å²) in [6.45, 7) is 0.723. The zero-order valence-corrected chi connectivity index (χ0v) is 15.9. The molecule has 13 heteroatoms. The summed E-state index contributed by atoms with van der Waals surface area (Å²) in [5.74, 6) is -1.54. The van der Waals surface area contributed by atoms with Crippen LogP contribution in [0.15, 0.2) is 0 Å². The third kappa shape index (κ3) is 4.74. The highest BCUT2D eigenvalue weighted by Gasteiger charge is 2.52. The van der Waals surface area contributed by atoms with Crippen molar-refractivity contribution in [3.8, 4) is 0 Å². The van der Waals surface area contributed by atoms with E-state index in [1.165, 1.54) is 0 Å². The lowest BCUT2D eigenvalue weighted by atomic mass is 9.94. The molecule has 0 bridgehead atoms. The van der Waals surface area contributed by atoms with Gasteiger partial charge < -0.3 is 50.6 Å². The van der Waals surface area contributed by atoms with Crippen molar-refractivity contribution in [3.63, 3.8) is 0 Å². The normalized spacial score (nSPS) is 43.1. The highest BCUT2D eigenvalue weighted by Crippen LogP contribution is 2.30. The fourth-order valence-electron chi connectivity index (χ4n) is 3.54. The Kier molecular flexibility index (Phi) is 8.03. The third-order valence-electron chi connectivity index (χ3n) is 5.04. The highest BCUT2D eigenvalue weighted by atomic mass is 16.7. The molecular weight excluding hydrogens is 396 g/mol. The van der Waals surface area contributed by atoms with Gasteiger partial charge in [0.2, 0.25) is 11.8 Å². The lowest BCUT2D eigenvalue weighted by Crippen LogP contribution is -2.69. The standard InChI is InChI=1S/C16H28N2O11/c1-5(21)18(6(2)22)10-13(25)14(8(4-20)27-15(10)26)29-16-9(17)12(24)11(23)7(3-19)28-16/h7-16,19-20,23-26H,3-4,17H2,1-2H3/t7-,8-,9-,10-,11-,12-,13-,14-,15-,16+/m1/s1. The number of hydrogen-bond acceptors (Lipinski definition) is 12. The fourth-order valence-corrected chi connectivity index (χ4v) is 3.54. The van der Waals surface area contributed by atoms with Crippen LogP contribution in [0.5, 0.6) is 0 Å². The SMILES string of the molecule is CC(=O)N(C(C)=O)[C@@H]1[C@@H](O)[C@H](O[C@@H]2O[C@H](CO)[C@@H](O)[C@H](O)[C@H]2N)[C@@H](CO)O[C@H]1O. The van der Waals surface area contributed by atoms with Crippen molar-refractivity contribution in [1.29, 1.82) is 0 Å². The van der Waals surface area contributed by atoms with Gasteiger partial charge in [-0.25, -0.2) is 0 Å². The van der Waals surface area contributed by atoms with Crippen LogP contribution in [0, 0.1) is 0 Å². The first-order valence-electron chi connectivity index (χ1n) is 9.01. The van der Waals surface area contributed by atoms with Gasteiger partial charge in [0, 0.05) is 13.8 Å². The van der Waals surface area contributed by atoms with Gasteiger partial charge in [-0.05, 0) is 0 Å². The van der Waals surface area contributed by atoms with Crippen molar-refractivity contribution in [3.05, 3.63) is 0 Å². The summed E-state index contributed by atoms with van der Waals surface area (Å²) in [4.78, 5) is 24.3. The number of ether oxygens (including phenoxy) is 3. The second-order valence-corrected chi connectivity index (χ2v) is 7.02. The first-order valence-corrected chi connectivity index (χ1v) is 9.01. The summed E-state index contributed by atoms with van der Waals surface area (Å²) in [7, 11) is 0. The molecule has 29 heavy (non-hydrogen) atoms. The maximum absolute atomic E-state index is 11.8. The molecule has 0 aromatic carbocycles. The number of aliphatic hydroxyl groups is 6. The van der Waals surface area contributed by atoms with E-state index in [4.69, 9.17) is 19.9 Å². The van der Waals surface area contributed by atoms with E-state index in [2.05, 4.69) is 0 Å². The molecule has 0 aromatic rings. The van der Waals surface area contributed by atoms with Crippen molar-refractivity contribution in [2.24, 2.45) is 5.73 Å². The molecule has 0 aliphatic carbocycles. The summed E-state index contributed by atoms with van der Waals surface area (Å²) >= 11 is 0. The Bertz CT molecular complexity index is 577. The minimum Gasteiger partial charge on any atom is -0.394 e. The van der Waals surface area contributed by atoms with Crippen LogP contribution in [0.1, 0.15) is 13.8 Å². The van der Waals surface area contributed by atoms with Gasteiger partial charge in [0.25, 0.3) is 0 Å². The van der Waals surface area contributed by atoms with Crippen molar-refractivity contribution in [1.82, 2.24) is 4.90 Å². The number of aliphatic hydroxyl groups excluding tert-OH is 6. The van der Waals surface area contributed by atoms with Gasteiger partial charge in [0.15, 0.2) is 12.6 Å². The molecule has 0 saturated carbocycles. The van der Waals surface area contributed by atoms with E-state index in [0.717, 1.165) is 13.8 Å². The second kappa shape index (κ2) is 9.70. The predicted octanol–water partition coefficient (Wildman–Crippen LogP) is -5.03. The van der Waals surface area contributed by atoms with Gasteiger partial charge in [-0.1, -0.05) is 0 Å². The Labute approximate surface area is 166 Å². The fraction of sp³-hybridized carbons (Fsp3) is 0.875. The molecule has 0 radical (unpaired) electrons. The van der Waals surface area contributed by atoms with Gasteiger partial charge >= 0.3 is 0 Å². The van der Waals surface area contributed by atoms with Crippen LogP contribution in [-0.4, -0.2) is 122 Å². The molecule has 2 amide bonds. The second-order valence-electron chi connectivity index (χ2n) is 7.02. The average Bonchev–Trinajstić information content (AvgIpc) is 2.66. The quantitative estimate of drug-likeness (QED) is 0.221. The first-order chi connectivity index (χ1) is 13.5. The third-order valence-corrected chi connectivity index (χ3v) is 5.04. The lowest BCUT2D eigenvalue weighted by molar-refractivity contribution is -0.330. The largest absolute Gasteiger partial charge is 0.394 e. The Morgan fingerprint density at radius 2 is 1.48 bits per heavy atom. The molecule has 13 nitrogen and oxygen atoms in total. The Morgan fingerprint density at radius 3 is 1.97 bits per heavy atom. The Balaban J connectivity index is 2.28. The molecule has 0 aromatic heterocycles. The molecule has 2 fully saturated rings. The van der Waals surface area contributed by atoms with E-state index in [-0.39, 0.29) is 0 Å². The Hall–Kier alpha value is -1.26. The number of carbonyl (C=O) groups is 2. The lowest BCUT2D eigenvalue weighted by Gasteiger charge is -2.48. The molecule has 2 rings (SSSR count). The summed E-state index contributed by atoms with van der Waals surface area (Å²) < 4.78 is 16.1. The van der Waals surface area contributed by atoms with Gasteiger partial charge in [0.1, 0.15) is 42.7 Å². The average molecular weight is 424 g/mol. The van der Waals surface area contributed by atoms with Crippen LogP contribution in [0.3, 0.4) is 0 Å². The highest BCUT2D eigenvalue weighted by molar-refractivity contribution is 5.93. The van der Waals surface area contributed by atoms with Crippen LogP contribution >= 0.6 is 0 Å². The predicted molar refractivity (Wildman–Crippen MR) is 91.6 cm³/mol. The van der Waals surface area contributed by atoms with Crippen LogP contribution in [0.4, 0.5) is 0 Å². The minimum absolute atomic E-state index is 0.593. The Morgan fingerprint density at radius 1 is 0.931 bits per heavy atom. The van der Waals surface area contributed by atoms with Gasteiger partial charge in [-0.15, -0.1) is 0 Å². The number of nitrogens with two attached hydrogens (primary N) is 1. The first kappa shape index (κ1) is 24.0. The molecule has 0 unspecified atom stereocenters. The summed E-state index contributed by atoms with van der Waals surface area (Å²) in [5.41, 5.74) is 5.80. The molecule has 0 spiro atoms. The van der Waals surface area contributed by atoms with Crippen molar-refractivity contribution < 1.29 is 54.4 Å². The zero-order valence-electron chi connectivity index (χ0n) is 15.9. The molecular formula is C16H28N2O11. The van der Waals surface area contributed by atoms with Crippen molar-refractivity contribution >= 4 is 11.8 Å². The maximum Gasteiger partial charge on any atom is 0.226 e.